The van der Waals surface area contributed by atoms with Gasteiger partial charge in [-0.15, -0.1) is 0 Å². The molecule has 190 valence electrons. The van der Waals surface area contributed by atoms with Gasteiger partial charge in [-0.05, 0) is 38.3 Å². The van der Waals surface area contributed by atoms with Crippen molar-refractivity contribution < 1.29 is 32.4 Å². The standard InChI is InChI=1S/C22H26ClN3O8S/c1-2-33-21(27)18(25-35(31,32)20-13-6-5-12-19(20)26(29)30)11-7-8-14-24-22(28)34-15-16-9-3-4-10-17(16)23/h3-6,9-10,12-13,18,25H,2,7-8,11,14-15H2,1H3,(H,24,28)/t18-/m0/s1. The minimum atomic E-state index is -4.38. The second kappa shape index (κ2) is 13.6. The summed E-state index contributed by atoms with van der Waals surface area (Å²) in [5.74, 6) is -0.804. The number of amides is 1. The van der Waals surface area contributed by atoms with Crippen LogP contribution in [0.5, 0.6) is 0 Å². The van der Waals surface area contributed by atoms with Crippen LogP contribution in [0.25, 0.3) is 0 Å². The van der Waals surface area contributed by atoms with Crippen LogP contribution in [0.3, 0.4) is 0 Å². The molecule has 1 amide bonds. The molecule has 11 nitrogen and oxygen atoms in total. The number of nitro benzene ring substituents is 1. The van der Waals surface area contributed by atoms with Gasteiger partial charge in [-0.2, -0.15) is 4.72 Å². The Bertz CT molecular complexity index is 1140. The third-order valence-corrected chi connectivity index (χ3v) is 6.61. The van der Waals surface area contributed by atoms with Gasteiger partial charge in [0.25, 0.3) is 5.69 Å². The second-order valence-corrected chi connectivity index (χ2v) is 9.33. The van der Waals surface area contributed by atoms with Crippen molar-refractivity contribution in [3.63, 3.8) is 0 Å². The molecule has 0 fully saturated rings. The number of ether oxygens (including phenoxy) is 2. The number of halogens is 1. The van der Waals surface area contributed by atoms with E-state index in [0.29, 0.717) is 23.4 Å². The summed E-state index contributed by atoms with van der Waals surface area (Å²) in [6.07, 6.45) is 0.150. The van der Waals surface area contributed by atoms with Crippen molar-refractivity contribution in [2.75, 3.05) is 13.2 Å². The third-order valence-electron chi connectivity index (χ3n) is 4.73. The molecule has 13 heteroatoms. The number of carbonyl (C=O) groups is 2. The summed E-state index contributed by atoms with van der Waals surface area (Å²) in [7, 11) is -4.38. The number of alkyl carbamates (subject to hydrolysis) is 1. The van der Waals surface area contributed by atoms with E-state index in [9.17, 15) is 28.1 Å². The topological polar surface area (TPSA) is 154 Å². The zero-order chi connectivity index (χ0) is 25.8. The van der Waals surface area contributed by atoms with E-state index >= 15 is 0 Å². The van der Waals surface area contributed by atoms with Gasteiger partial charge in [-0.25, -0.2) is 13.2 Å². The van der Waals surface area contributed by atoms with E-state index in [1.54, 1.807) is 31.2 Å². The normalized spacial score (nSPS) is 11.9. The Balaban J connectivity index is 1.89. The van der Waals surface area contributed by atoms with Crippen LogP contribution in [0.1, 0.15) is 31.7 Å². The van der Waals surface area contributed by atoms with Gasteiger partial charge in [0.05, 0.1) is 11.5 Å². The van der Waals surface area contributed by atoms with Crippen molar-refractivity contribution in [3.8, 4) is 0 Å². The number of hydrogen-bond donors (Lipinski definition) is 2. The van der Waals surface area contributed by atoms with Crippen LogP contribution >= 0.6 is 11.6 Å². The predicted octanol–water partition coefficient (Wildman–Crippen LogP) is 3.55. The van der Waals surface area contributed by atoms with Crippen LogP contribution in [0.15, 0.2) is 53.4 Å². The lowest BCUT2D eigenvalue weighted by Gasteiger charge is -2.17. The molecule has 1 atom stereocenters. The molecule has 0 unspecified atom stereocenters. The molecule has 0 aliphatic rings. The molecule has 0 radical (unpaired) electrons. The number of nitrogens with one attached hydrogen (secondary N) is 2. The molecule has 2 N–H and O–H groups in total. The molecular formula is C22H26ClN3O8S. The van der Waals surface area contributed by atoms with E-state index in [-0.39, 0.29) is 26.2 Å². The van der Waals surface area contributed by atoms with Crippen molar-refractivity contribution in [2.45, 2.75) is 43.7 Å². The van der Waals surface area contributed by atoms with E-state index in [0.717, 1.165) is 12.1 Å². The van der Waals surface area contributed by atoms with Gasteiger partial charge in [-0.1, -0.05) is 41.9 Å². The number of para-hydroxylation sites is 1. The summed E-state index contributed by atoms with van der Waals surface area (Å²) in [4.78, 5) is 34.0. The number of unbranched alkanes of at least 4 members (excludes halogenated alkanes) is 1. The van der Waals surface area contributed by atoms with Gasteiger partial charge in [-0.3, -0.25) is 14.9 Å². The zero-order valence-electron chi connectivity index (χ0n) is 18.9. The first-order valence-electron chi connectivity index (χ1n) is 10.7. The molecule has 0 bridgehead atoms. The molecule has 2 aromatic carbocycles. The van der Waals surface area contributed by atoms with E-state index in [1.165, 1.54) is 12.1 Å². The highest BCUT2D eigenvalue weighted by Gasteiger charge is 2.31. The minimum Gasteiger partial charge on any atom is -0.465 e. The monoisotopic (exact) mass is 527 g/mol. The number of nitro groups is 1. The lowest BCUT2D eigenvalue weighted by atomic mass is 10.1. The molecule has 0 spiro atoms. The third kappa shape index (κ3) is 8.81. The van der Waals surface area contributed by atoms with Crippen molar-refractivity contribution in [1.82, 2.24) is 10.0 Å². The Labute approximate surface area is 208 Å². The molecule has 0 aliphatic heterocycles. The molecular weight excluding hydrogens is 502 g/mol. The maximum atomic E-state index is 12.8. The molecule has 0 aliphatic carbocycles. The van der Waals surface area contributed by atoms with Gasteiger partial charge in [0.1, 0.15) is 12.6 Å². The number of sulfonamides is 1. The first-order chi connectivity index (χ1) is 16.7. The van der Waals surface area contributed by atoms with Crippen molar-refractivity contribution in [2.24, 2.45) is 0 Å². The molecule has 0 heterocycles. The van der Waals surface area contributed by atoms with Crippen LogP contribution in [-0.2, 0) is 30.9 Å². The second-order valence-electron chi connectivity index (χ2n) is 7.24. The Morgan fingerprint density at radius 3 is 2.46 bits per heavy atom. The molecule has 35 heavy (non-hydrogen) atoms. The van der Waals surface area contributed by atoms with Crippen LogP contribution in [0.2, 0.25) is 5.02 Å². The maximum Gasteiger partial charge on any atom is 0.407 e. The fraction of sp³-hybridized carbons (Fsp3) is 0.364. The predicted molar refractivity (Wildman–Crippen MR) is 127 cm³/mol. The summed E-state index contributed by atoms with van der Waals surface area (Å²) in [6, 6.07) is 10.5. The lowest BCUT2D eigenvalue weighted by molar-refractivity contribution is -0.387. The van der Waals surface area contributed by atoms with E-state index < -0.39 is 43.6 Å². The highest BCUT2D eigenvalue weighted by Crippen LogP contribution is 2.23. The molecule has 0 saturated carbocycles. The van der Waals surface area contributed by atoms with Gasteiger partial charge in [0, 0.05) is 23.2 Å². The number of benzene rings is 2. The number of rotatable bonds is 13. The van der Waals surface area contributed by atoms with Gasteiger partial charge >= 0.3 is 12.1 Å². The van der Waals surface area contributed by atoms with E-state index in [4.69, 9.17) is 21.1 Å². The highest BCUT2D eigenvalue weighted by atomic mass is 35.5. The summed E-state index contributed by atoms with van der Waals surface area (Å²) < 4.78 is 37.8. The largest absolute Gasteiger partial charge is 0.465 e. The van der Waals surface area contributed by atoms with Crippen LogP contribution in [0.4, 0.5) is 10.5 Å². The quantitative estimate of drug-likeness (QED) is 0.173. The van der Waals surface area contributed by atoms with Crippen LogP contribution in [0, 0.1) is 10.1 Å². The molecule has 0 aromatic heterocycles. The first-order valence-corrected chi connectivity index (χ1v) is 12.6. The number of esters is 1. The average Bonchev–Trinajstić information content (AvgIpc) is 2.82. The zero-order valence-corrected chi connectivity index (χ0v) is 20.5. The van der Waals surface area contributed by atoms with Crippen molar-refractivity contribution in [3.05, 3.63) is 69.2 Å². The minimum absolute atomic E-state index is 0.00381. The van der Waals surface area contributed by atoms with Gasteiger partial charge in [0.2, 0.25) is 10.0 Å². The van der Waals surface area contributed by atoms with Gasteiger partial charge in [0.15, 0.2) is 4.90 Å². The summed E-state index contributed by atoms with van der Waals surface area (Å²) in [5, 5.41) is 14.2. The molecule has 2 rings (SSSR count). The first kappa shape index (κ1) is 28.0. The SMILES string of the molecule is CCOC(=O)[C@H](CCCCNC(=O)OCc1ccccc1Cl)NS(=O)(=O)c1ccccc1[N+](=O)[O-]. The Morgan fingerprint density at radius 1 is 1.09 bits per heavy atom. The highest BCUT2D eigenvalue weighted by molar-refractivity contribution is 7.89. The fourth-order valence-electron chi connectivity index (χ4n) is 3.03. The molecule has 0 saturated heterocycles. The molecule has 2 aromatic rings. The van der Waals surface area contributed by atoms with Crippen molar-refractivity contribution >= 4 is 39.4 Å². The Morgan fingerprint density at radius 2 is 1.77 bits per heavy atom. The fourth-order valence-corrected chi connectivity index (χ4v) is 4.61. The van der Waals surface area contributed by atoms with Crippen LogP contribution in [-0.4, -0.2) is 44.6 Å². The Hall–Kier alpha value is -3.22. The van der Waals surface area contributed by atoms with Crippen molar-refractivity contribution in [1.29, 1.82) is 0 Å². The van der Waals surface area contributed by atoms with Gasteiger partial charge < -0.3 is 14.8 Å². The van der Waals surface area contributed by atoms with E-state index in [2.05, 4.69) is 10.0 Å². The lowest BCUT2D eigenvalue weighted by Crippen LogP contribution is -2.42. The Kier molecular flexibility index (Phi) is 10.9. The smallest absolute Gasteiger partial charge is 0.407 e. The maximum absolute atomic E-state index is 12.8. The summed E-state index contributed by atoms with van der Waals surface area (Å²) in [5.41, 5.74) is 0.0506. The average molecular weight is 528 g/mol. The number of carbonyl (C=O) groups excluding carboxylic acids is 2. The number of nitrogens with zero attached hydrogens (tertiary/aromatic N) is 1. The van der Waals surface area contributed by atoms with Crippen LogP contribution < -0.4 is 10.0 Å². The van der Waals surface area contributed by atoms with E-state index in [1.807, 2.05) is 0 Å². The summed E-state index contributed by atoms with van der Waals surface area (Å²) in [6.45, 7) is 1.82. The summed E-state index contributed by atoms with van der Waals surface area (Å²) >= 11 is 6.01. The number of hydrogen-bond acceptors (Lipinski definition) is 8.